The molecule has 3 atom stereocenters. The van der Waals surface area contributed by atoms with Gasteiger partial charge in [-0.25, -0.2) is 9.37 Å². The molecule has 1 aliphatic rings. The number of aromatic nitrogens is 2. The summed E-state index contributed by atoms with van der Waals surface area (Å²) in [7, 11) is 0. The lowest BCUT2D eigenvalue weighted by Gasteiger charge is -2.30. The molecule has 1 aromatic carbocycles. The average molecular weight is 374 g/mol. The van der Waals surface area contributed by atoms with Crippen LogP contribution in [0, 0.1) is 11.7 Å². The number of benzene rings is 1. The first-order valence-electron chi connectivity index (χ1n) is 7.48. The molecule has 0 saturated heterocycles. The van der Waals surface area contributed by atoms with E-state index in [-0.39, 0.29) is 11.2 Å². The van der Waals surface area contributed by atoms with E-state index in [1.54, 1.807) is 12.1 Å². The lowest BCUT2D eigenvalue weighted by molar-refractivity contribution is 0.282. The Morgan fingerprint density at radius 2 is 2.19 bits per heavy atom. The molecule has 0 aliphatic heterocycles. The molecule has 5 heteroatoms. The van der Waals surface area contributed by atoms with Gasteiger partial charge in [-0.15, -0.1) is 11.6 Å². The van der Waals surface area contributed by atoms with E-state index in [9.17, 15) is 4.39 Å². The summed E-state index contributed by atoms with van der Waals surface area (Å²) >= 11 is 9.56. The molecule has 0 amide bonds. The molecular formula is C16H19BrClFN2. The monoisotopic (exact) mass is 372 g/mol. The molecule has 1 fully saturated rings. The topological polar surface area (TPSA) is 17.8 Å². The molecule has 2 nitrogen and oxygen atoms in total. The van der Waals surface area contributed by atoms with E-state index in [0.717, 1.165) is 29.7 Å². The molecule has 1 aliphatic carbocycles. The van der Waals surface area contributed by atoms with Gasteiger partial charge in [-0.1, -0.05) is 19.8 Å². The van der Waals surface area contributed by atoms with Gasteiger partial charge in [0, 0.05) is 12.1 Å². The number of rotatable bonds is 2. The molecule has 1 saturated carbocycles. The van der Waals surface area contributed by atoms with Gasteiger partial charge in [0.15, 0.2) is 0 Å². The fourth-order valence-corrected chi connectivity index (χ4v) is 3.90. The second-order valence-corrected chi connectivity index (χ2v) is 7.65. The number of nitrogens with zero attached hydrogens (tertiary/aromatic N) is 2. The summed E-state index contributed by atoms with van der Waals surface area (Å²) in [5, 5.41) is -0.184. The first kappa shape index (κ1) is 15.3. The third-order valence-electron chi connectivity index (χ3n) is 4.39. The third kappa shape index (κ3) is 2.85. The van der Waals surface area contributed by atoms with Crippen molar-refractivity contribution in [2.75, 3.05) is 0 Å². The third-order valence-corrected chi connectivity index (χ3v) is 5.19. The Balaban J connectivity index is 2.17. The SMILES string of the molecule is CC1CCCC(n2c(C(C)Cl)nc3cc(Br)c(F)cc32)C1. The largest absolute Gasteiger partial charge is 0.324 e. The van der Waals surface area contributed by atoms with E-state index < -0.39 is 0 Å². The Labute approximate surface area is 137 Å². The zero-order chi connectivity index (χ0) is 15.1. The number of halogens is 3. The summed E-state index contributed by atoms with van der Waals surface area (Å²) in [6, 6.07) is 3.69. The Kier molecular flexibility index (Phi) is 4.28. The highest BCUT2D eigenvalue weighted by atomic mass is 79.9. The van der Waals surface area contributed by atoms with Gasteiger partial charge in [0.2, 0.25) is 0 Å². The summed E-state index contributed by atoms with van der Waals surface area (Å²) < 4.78 is 16.6. The standard InChI is InChI=1S/C16H19BrClFN2/c1-9-4-3-5-11(6-9)21-15-8-13(19)12(17)7-14(15)20-16(21)10(2)18/h7-11H,3-6H2,1-2H3. The van der Waals surface area contributed by atoms with Crippen molar-refractivity contribution in [2.45, 2.75) is 50.9 Å². The minimum Gasteiger partial charge on any atom is -0.324 e. The van der Waals surface area contributed by atoms with Crippen LogP contribution in [0.25, 0.3) is 11.0 Å². The zero-order valence-corrected chi connectivity index (χ0v) is 14.6. The Morgan fingerprint density at radius 1 is 1.43 bits per heavy atom. The maximum Gasteiger partial charge on any atom is 0.139 e. The Morgan fingerprint density at radius 3 is 2.86 bits per heavy atom. The molecule has 0 N–H and O–H groups in total. The van der Waals surface area contributed by atoms with Crippen molar-refractivity contribution < 1.29 is 4.39 Å². The van der Waals surface area contributed by atoms with E-state index in [0.29, 0.717) is 16.4 Å². The number of hydrogen-bond acceptors (Lipinski definition) is 1. The van der Waals surface area contributed by atoms with E-state index in [1.165, 1.54) is 12.8 Å². The molecule has 2 aromatic rings. The number of hydrogen-bond donors (Lipinski definition) is 0. The summed E-state index contributed by atoms with van der Waals surface area (Å²) in [6.07, 6.45) is 4.71. The average Bonchev–Trinajstić information content (AvgIpc) is 2.78. The molecule has 1 aromatic heterocycles. The quantitative estimate of drug-likeness (QED) is 0.591. The van der Waals surface area contributed by atoms with Crippen LogP contribution in [-0.2, 0) is 0 Å². The maximum atomic E-state index is 14.0. The van der Waals surface area contributed by atoms with E-state index in [4.69, 9.17) is 11.6 Å². The fraction of sp³-hybridized carbons (Fsp3) is 0.562. The number of imidazole rings is 1. The summed E-state index contributed by atoms with van der Waals surface area (Å²) in [5.74, 6) is 1.30. The van der Waals surface area contributed by atoms with Gasteiger partial charge in [0.25, 0.3) is 0 Å². The Bertz CT molecular complexity index is 668. The first-order chi connectivity index (χ1) is 9.97. The van der Waals surface area contributed by atoms with E-state index in [2.05, 4.69) is 32.4 Å². The van der Waals surface area contributed by atoms with Gasteiger partial charge >= 0.3 is 0 Å². The highest BCUT2D eigenvalue weighted by molar-refractivity contribution is 9.10. The van der Waals surface area contributed by atoms with Crippen molar-refractivity contribution in [1.29, 1.82) is 0 Å². The minimum atomic E-state index is -0.249. The highest BCUT2D eigenvalue weighted by Crippen LogP contribution is 2.38. The maximum absolute atomic E-state index is 14.0. The van der Waals surface area contributed by atoms with Crippen LogP contribution in [0.4, 0.5) is 4.39 Å². The van der Waals surface area contributed by atoms with Gasteiger partial charge in [0.1, 0.15) is 11.6 Å². The second-order valence-electron chi connectivity index (χ2n) is 6.14. The van der Waals surface area contributed by atoms with Crippen LogP contribution < -0.4 is 0 Å². The van der Waals surface area contributed by atoms with Crippen LogP contribution in [0.3, 0.4) is 0 Å². The molecule has 21 heavy (non-hydrogen) atoms. The summed E-state index contributed by atoms with van der Waals surface area (Å²) in [6.45, 7) is 4.21. The lowest BCUT2D eigenvalue weighted by Crippen LogP contribution is -2.19. The summed E-state index contributed by atoms with van der Waals surface area (Å²) in [5.41, 5.74) is 1.67. The minimum absolute atomic E-state index is 0.184. The van der Waals surface area contributed by atoms with Crippen LogP contribution in [0.1, 0.15) is 56.8 Å². The highest BCUT2D eigenvalue weighted by Gasteiger charge is 2.26. The molecule has 0 spiro atoms. The molecule has 1 heterocycles. The first-order valence-corrected chi connectivity index (χ1v) is 8.71. The van der Waals surface area contributed by atoms with Crippen molar-refractivity contribution in [3.05, 3.63) is 28.2 Å². The lowest BCUT2D eigenvalue weighted by atomic mass is 9.86. The number of alkyl halides is 1. The predicted octanol–water partition coefficient (Wildman–Crippen LogP) is 5.99. The smallest absolute Gasteiger partial charge is 0.139 e. The molecule has 0 radical (unpaired) electrons. The molecular weight excluding hydrogens is 355 g/mol. The molecule has 114 valence electrons. The van der Waals surface area contributed by atoms with Crippen molar-refractivity contribution >= 4 is 38.6 Å². The zero-order valence-electron chi connectivity index (χ0n) is 12.2. The molecule has 0 bridgehead atoms. The van der Waals surface area contributed by atoms with Crippen LogP contribution in [0.15, 0.2) is 16.6 Å². The van der Waals surface area contributed by atoms with Gasteiger partial charge in [-0.3, -0.25) is 0 Å². The number of fused-ring (bicyclic) bond motifs is 1. The van der Waals surface area contributed by atoms with Gasteiger partial charge in [-0.2, -0.15) is 0 Å². The molecule has 3 rings (SSSR count). The van der Waals surface area contributed by atoms with Gasteiger partial charge in [0.05, 0.1) is 20.9 Å². The van der Waals surface area contributed by atoms with E-state index in [1.807, 2.05) is 6.92 Å². The van der Waals surface area contributed by atoms with Crippen molar-refractivity contribution in [1.82, 2.24) is 9.55 Å². The predicted molar refractivity (Wildman–Crippen MR) is 88.3 cm³/mol. The second kappa shape index (κ2) is 5.88. The van der Waals surface area contributed by atoms with Crippen molar-refractivity contribution in [3.8, 4) is 0 Å². The van der Waals surface area contributed by atoms with Crippen molar-refractivity contribution in [3.63, 3.8) is 0 Å². The van der Waals surface area contributed by atoms with Gasteiger partial charge < -0.3 is 4.57 Å². The molecule has 3 unspecified atom stereocenters. The van der Waals surface area contributed by atoms with Crippen LogP contribution in [0.2, 0.25) is 0 Å². The van der Waals surface area contributed by atoms with Crippen LogP contribution in [0.5, 0.6) is 0 Å². The van der Waals surface area contributed by atoms with Crippen molar-refractivity contribution in [2.24, 2.45) is 5.92 Å². The Hall–Kier alpha value is -0.610. The summed E-state index contributed by atoms with van der Waals surface area (Å²) in [4.78, 5) is 4.65. The normalized spacial score (nSPS) is 24.4. The van der Waals surface area contributed by atoms with E-state index >= 15 is 0 Å². The van der Waals surface area contributed by atoms with Crippen LogP contribution in [-0.4, -0.2) is 9.55 Å². The fourth-order valence-electron chi connectivity index (χ4n) is 3.41. The van der Waals surface area contributed by atoms with Gasteiger partial charge in [-0.05, 0) is 47.7 Å². The van der Waals surface area contributed by atoms with Crippen LogP contribution >= 0.6 is 27.5 Å².